The Hall–Kier alpha value is -2.69. The average Bonchev–Trinajstić information content (AvgIpc) is 2.78. The highest BCUT2D eigenvalue weighted by Gasteiger charge is 2.31. The molecule has 3 rings (SSSR count). The quantitative estimate of drug-likeness (QED) is 0.690. The predicted octanol–water partition coefficient (Wildman–Crippen LogP) is 4.62. The molecule has 30 heavy (non-hydrogen) atoms. The number of amides is 2. The van der Waals surface area contributed by atoms with Crippen LogP contribution in [0.15, 0.2) is 54.6 Å². The standard InChI is InChI=1S/C25H31FN2O2/c1-2-24(29)28(18-20-13-15-21(26)16-14-20)23(17-19-9-5-3-6-10-19)25(30)27-22-11-7-4-8-12-22/h3,5-6,9-10,13-16,22-23H,2,4,7-8,11-12,17-18H2,1H3,(H,27,30)/t23-/m0/s1. The number of hydrogen-bond donors (Lipinski definition) is 1. The second-order valence-corrected chi connectivity index (χ2v) is 8.05. The topological polar surface area (TPSA) is 49.4 Å². The van der Waals surface area contributed by atoms with E-state index in [2.05, 4.69) is 5.32 Å². The van der Waals surface area contributed by atoms with Crippen LogP contribution < -0.4 is 5.32 Å². The third kappa shape index (κ3) is 6.15. The first-order valence-corrected chi connectivity index (χ1v) is 10.9. The molecule has 4 nitrogen and oxygen atoms in total. The van der Waals surface area contributed by atoms with Gasteiger partial charge >= 0.3 is 0 Å². The van der Waals surface area contributed by atoms with Crippen LogP contribution in [0.25, 0.3) is 0 Å². The van der Waals surface area contributed by atoms with Gasteiger partial charge in [0.15, 0.2) is 0 Å². The van der Waals surface area contributed by atoms with Gasteiger partial charge in [0.25, 0.3) is 0 Å². The molecule has 0 bridgehead atoms. The average molecular weight is 411 g/mol. The lowest BCUT2D eigenvalue weighted by Crippen LogP contribution is -2.52. The number of nitrogens with one attached hydrogen (secondary N) is 1. The van der Waals surface area contributed by atoms with E-state index in [4.69, 9.17) is 0 Å². The normalized spacial score (nSPS) is 15.4. The Kier molecular flexibility index (Phi) is 8.00. The summed E-state index contributed by atoms with van der Waals surface area (Å²) in [4.78, 5) is 27.9. The molecule has 2 amide bonds. The van der Waals surface area contributed by atoms with Crippen molar-refractivity contribution in [1.29, 1.82) is 0 Å². The summed E-state index contributed by atoms with van der Waals surface area (Å²) in [6.07, 6.45) is 6.20. The van der Waals surface area contributed by atoms with E-state index >= 15 is 0 Å². The Bertz CT molecular complexity index is 817. The molecule has 2 aromatic carbocycles. The molecule has 0 aliphatic heterocycles. The summed E-state index contributed by atoms with van der Waals surface area (Å²) in [5, 5.41) is 3.20. The monoisotopic (exact) mass is 410 g/mol. The van der Waals surface area contributed by atoms with Crippen LogP contribution in [0.4, 0.5) is 4.39 Å². The van der Waals surface area contributed by atoms with Gasteiger partial charge in [-0.25, -0.2) is 4.39 Å². The van der Waals surface area contributed by atoms with E-state index < -0.39 is 6.04 Å². The van der Waals surface area contributed by atoms with Crippen LogP contribution in [0.2, 0.25) is 0 Å². The maximum atomic E-state index is 13.4. The zero-order chi connectivity index (χ0) is 21.3. The van der Waals surface area contributed by atoms with Gasteiger partial charge in [0.1, 0.15) is 11.9 Å². The van der Waals surface area contributed by atoms with Crippen LogP contribution in [-0.4, -0.2) is 28.8 Å². The van der Waals surface area contributed by atoms with Gasteiger partial charge in [0.2, 0.25) is 11.8 Å². The van der Waals surface area contributed by atoms with Crippen LogP contribution in [0, 0.1) is 5.82 Å². The second kappa shape index (κ2) is 10.9. The van der Waals surface area contributed by atoms with E-state index in [-0.39, 0.29) is 30.2 Å². The van der Waals surface area contributed by atoms with E-state index in [9.17, 15) is 14.0 Å². The number of benzene rings is 2. The molecule has 5 heteroatoms. The van der Waals surface area contributed by atoms with Gasteiger partial charge < -0.3 is 10.2 Å². The Morgan fingerprint density at radius 2 is 1.67 bits per heavy atom. The zero-order valence-corrected chi connectivity index (χ0v) is 17.6. The van der Waals surface area contributed by atoms with Crippen molar-refractivity contribution in [2.75, 3.05) is 0 Å². The summed E-state index contributed by atoms with van der Waals surface area (Å²) in [6, 6.07) is 15.5. The van der Waals surface area contributed by atoms with Crippen molar-refractivity contribution >= 4 is 11.8 Å². The van der Waals surface area contributed by atoms with Gasteiger partial charge in [0.05, 0.1) is 0 Å². The number of carbonyl (C=O) groups is 2. The van der Waals surface area contributed by atoms with Gasteiger partial charge in [-0.2, -0.15) is 0 Å². The highest BCUT2D eigenvalue weighted by Crippen LogP contribution is 2.20. The van der Waals surface area contributed by atoms with Crippen molar-refractivity contribution < 1.29 is 14.0 Å². The van der Waals surface area contributed by atoms with Gasteiger partial charge in [-0.3, -0.25) is 9.59 Å². The molecule has 0 unspecified atom stereocenters. The molecule has 1 saturated carbocycles. The number of carbonyl (C=O) groups excluding carboxylic acids is 2. The molecule has 0 saturated heterocycles. The molecule has 1 atom stereocenters. The lowest BCUT2D eigenvalue weighted by atomic mass is 9.94. The summed E-state index contributed by atoms with van der Waals surface area (Å²) in [6.45, 7) is 2.08. The summed E-state index contributed by atoms with van der Waals surface area (Å²) >= 11 is 0. The van der Waals surface area contributed by atoms with Crippen LogP contribution >= 0.6 is 0 Å². The van der Waals surface area contributed by atoms with Crippen molar-refractivity contribution in [3.8, 4) is 0 Å². The van der Waals surface area contributed by atoms with Crippen molar-refractivity contribution in [2.45, 2.75) is 70.5 Å². The molecule has 1 fully saturated rings. The summed E-state index contributed by atoms with van der Waals surface area (Å²) in [7, 11) is 0. The molecule has 0 spiro atoms. The summed E-state index contributed by atoms with van der Waals surface area (Å²) in [5.41, 5.74) is 1.82. The van der Waals surface area contributed by atoms with Crippen LogP contribution in [0.5, 0.6) is 0 Å². The van der Waals surface area contributed by atoms with E-state index in [1.807, 2.05) is 30.3 Å². The van der Waals surface area contributed by atoms with Crippen molar-refractivity contribution in [3.05, 3.63) is 71.5 Å². The first kappa shape index (κ1) is 22.0. The zero-order valence-electron chi connectivity index (χ0n) is 17.6. The van der Waals surface area contributed by atoms with Crippen LogP contribution in [-0.2, 0) is 22.6 Å². The minimum absolute atomic E-state index is 0.0842. The fraction of sp³-hybridized carbons (Fsp3) is 0.440. The van der Waals surface area contributed by atoms with Gasteiger partial charge in [0, 0.05) is 25.4 Å². The van der Waals surface area contributed by atoms with Gasteiger partial charge in [-0.1, -0.05) is 68.7 Å². The number of halogens is 1. The van der Waals surface area contributed by atoms with E-state index in [0.29, 0.717) is 12.8 Å². The number of nitrogens with zero attached hydrogens (tertiary/aromatic N) is 1. The first-order valence-electron chi connectivity index (χ1n) is 10.9. The van der Waals surface area contributed by atoms with E-state index in [1.165, 1.54) is 18.6 Å². The van der Waals surface area contributed by atoms with Crippen molar-refractivity contribution in [3.63, 3.8) is 0 Å². The Morgan fingerprint density at radius 1 is 1.00 bits per heavy atom. The highest BCUT2D eigenvalue weighted by atomic mass is 19.1. The fourth-order valence-electron chi connectivity index (χ4n) is 4.09. The van der Waals surface area contributed by atoms with Gasteiger partial charge in [-0.05, 0) is 36.1 Å². The molecular weight excluding hydrogens is 379 g/mol. The number of hydrogen-bond acceptors (Lipinski definition) is 2. The van der Waals surface area contributed by atoms with Crippen molar-refractivity contribution in [1.82, 2.24) is 10.2 Å². The van der Waals surface area contributed by atoms with E-state index in [1.54, 1.807) is 24.0 Å². The summed E-state index contributed by atoms with van der Waals surface area (Å²) in [5.74, 6) is -0.503. The number of rotatable bonds is 8. The smallest absolute Gasteiger partial charge is 0.243 e. The first-order chi connectivity index (χ1) is 14.6. The predicted molar refractivity (Wildman–Crippen MR) is 116 cm³/mol. The minimum Gasteiger partial charge on any atom is -0.352 e. The molecule has 0 radical (unpaired) electrons. The minimum atomic E-state index is -0.605. The Morgan fingerprint density at radius 3 is 2.30 bits per heavy atom. The lowest BCUT2D eigenvalue weighted by molar-refractivity contribution is -0.141. The summed E-state index contributed by atoms with van der Waals surface area (Å²) < 4.78 is 13.3. The fourth-order valence-corrected chi connectivity index (χ4v) is 4.09. The molecule has 0 aromatic heterocycles. The largest absolute Gasteiger partial charge is 0.352 e. The molecule has 2 aromatic rings. The van der Waals surface area contributed by atoms with Crippen LogP contribution in [0.3, 0.4) is 0 Å². The highest BCUT2D eigenvalue weighted by molar-refractivity contribution is 5.88. The SMILES string of the molecule is CCC(=O)N(Cc1ccc(F)cc1)[C@@H](Cc1ccccc1)C(=O)NC1CCCCC1. The van der Waals surface area contributed by atoms with Crippen molar-refractivity contribution in [2.24, 2.45) is 0 Å². The third-order valence-electron chi connectivity index (χ3n) is 5.79. The Balaban J connectivity index is 1.85. The lowest BCUT2D eigenvalue weighted by Gasteiger charge is -2.33. The maximum absolute atomic E-state index is 13.4. The third-order valence-corrected chi connectivity index (χ3v) is 5.79. The molecule has 0 heterocycles. The molecule has 1 aliphatic rings. The van der Waals surface area contributed by atoms with Gasteiger partial charge in [-0.15, -0.1) is 0 Å². The molecular formula is C25H31FN2O2. The molecule has 1 aliphatic carbocycles. The molecule has 1 N–H and O–H groups in total. The second-order valence-electron chi connectivity index (χ2n) is 8.05. The Labute approximate surface area is 178 Å². The van der Waals surface area contributed by atoms with E-state index in [0.717, 1.165) is 36.8 Å². The molecule has 160 valence electrons. The van der Waals surface area contributed by atoms with Crippen LogP contribution in [0.1, 0.15) is 56.6 Å². The maximum Gasteiger partial charge on any atom is 0.243 e.